The standard InChI is InChI=1S/C22H22N4O3S/c1-13-8-14(2)10-17(9-13)26-12-16(11-19(26)27)21-24-25-22(30-21)23-20(28)15-4-6-18(29-3)7-5-15/h4-10,16H,11-12H2,1-3H3,(H,23,25,28)/t16-/m0/s1. The molecule has 3 aromatic rings. The lowest BCUT2D eigenvalue weighted by molar-refractivity contribution is -0.117. The van der Waals surface area contributed by atoms with E-state index in [-0.39, 0.29) is 17.7 Å². The lowest BCUT2D eigenvalue weighted by Gasteiger charge is -2.17. The van der Waals surface area contributed by atoms with Crippen molar-refractivity contribution in [1.82, 2.24) is 10.2 Å². The number of methoxy groups -OCH3 is 1. The first-order valence-electron chi connectivity index (χ1n) is 9.60. The minimum atomic E-state index is -0.264. The Labute approximate surface area is 178 Å². The van der Waals surface area contributed by atoms with E-state index in [2.05, 4.69) is 21.6 Å². The molecule has 1 aromatic heterocycles. The number of aryl methyl sites for hydroxylation is 2. The van der Waals surface area contributed by atoms with Crippen LogP contribution in [-0.4, -0.2) is 35.7 Å². The van der Waals surface area contributed by atoms with Gasteiger partial charge in [0.1, 0.15) is 10.8 Å². The smallest absolute Gasteiger partial charge is 0.257 e. The minimum Gasteiger partial charge on any atom is -0.497 e. The Morgan fingerprint density at radius 1 is 1.13 bits per heavy atom. The minimum absolute atomic E-state index is 0.0394. The third kappa shape index (κ3) is 4.18. The average molecular weight is 423 g/mol. The second-order valence-electron chi connectivity index (χ2n) is 7.38. The molecule has 2 aromatic carbocycles. The predicted molar refractivity (Wildman–Crippen MR) is 116 cm³/mol. The molecule has 8 heteroatoms. The van der Waals surface area contributed by atoms with Crippen LogP contribution in [0.25, 0.3) is 0 Å². The van der Waals surface area contributed by atoms with E-state index in [4.69, 9.17) is 4.74 Å². The Bertz CT molecular complexity index is 1070. The fourth-order valence-electron chi connectivity index (χ4n) is 3.59. The lowest BCUT2D eigenvalue weighted by atomic mass is 10.1. The van der Waals surface area contributed by atoms with Gasteiger partial charge in [-0.1, -0.05) is 17.4 Å². The van der Waals surface area contributed by atoms with Crippen molar-refractivity contribution in [2.75, 3.05) is 23.9 Å². The van der Waals surface area contributed by atoms with Crippen LogP contribution in [0.5, 0.6) is 5.75 Å². The largest absolute Gasteiger partial charge is 0.497 e. The number of hydrogen-bond acceptors (Lipinski definition) is 6. The number of carbonyl (C=O) groups excluding carboxylic acids is 2. The van der Waals surface area contributed by atoms with Crippen LogP contribution in [0.15, 0.2) is 42.5 Å². The third-order valence-electron chi connectivity index (χ3n) is 5.01. The summed E-state index contributed by atoms with van der Waals surface area (Å²) in [6.45, 7) is 4.61. The van der Waals surface area contributed by atoms with E-state index < -0.39 is 0 Å². The maximum absolute atomic E-state index is 12.6. The van der Waals surface area contributed by atoms with Crippen molar-refractivity contribution in [3.05, 3.63) is 64.2 Å². The van der Waals surface area contributed by atoms with E-state index >= 15 is 0 Å². The molecule has 7 nitrogen and oxygen atoms in total. The first-order chi connectivity index (χ1) is 14.4. The monoisotopic (exact) mass is 422 g/mol. The van der Waals surface area contributed by atoms with Crippen LogP contribution in [0.1, 0.15) is 38.8 Å². The topological polar surface area (TPSA) is 84.4 Å². The summed E-state index contributed by atoms with van der Waals surface area (Å²) in [5, 5.41) is 12.3. The van der Waals surface area contributed by atoms with Crippen LogP contribution >= 0.6 is 11.3 Å². The highest BCUT2D eigenvalue weighted by Gasteiger charge is 2.34. The SMILES string of the molecule is COc1ccc(C(=O)Nc2nnc([C@H]3CC(=O)N(c4cc(C)cc(C)c4)C3)s2)cc1. The fourth-order valence-corrected chi connectivity index (χ4v) is 4.42. The van der Waals surface area contributed by atoms with Crippen LogP contribution in [0.2, 0.25) is 0 Å². The summed E-state index contributed by atoms with van der Waals surface area (Å²) in [5.74, 6) is 0.454. The molecular weight excluding hydrogens is 400 g/mol. The number of benzene rings is 2. The zero-order valence-electron chi connectivity index (χ0n) is 17.0. The van der Waals surface area contributed by atoms with Crippen LogP contribution < -0.4 is 15.0 Å². The number of hydrogen-bond donors (Lipinski definition) is 1. The van der Waals surface area contributed by atoms with Gasteiger partial charge >= 0.3 is 0 Å². The van der Waals surface area contributed by atoms with Crippen LogP contribution in [0, 0.1) is 13.8 Å². The maximum Gasteiger partial charge on any atom is 0.257 e. The zero-order valence-corrected chi connectivity index (χ0v) is 17.8. The van der Waals surface area contributed by atoms with Crippen molar-refractivity contribution < 1.29 is 14.3 Å². The molecule has 1 fully saturated rings. The highest BCUT2D eigenvalue weighted by atomic mass is 32.1. The molecule has 1 N–H and O–H groups in total. The van der Waals surface area contributed by atoms with E-state index in [9.17, 15) is 9.59 Å². The molecule has 1 aliphatic rings. The normalized spacial score (nSPS) is 16.0. The van der Waals surface area contributed by atoms with Gasteiger partial charge < -0.3 is 9.64 Å². The Morgan fingerprint density at radius 3 is 2.50 bits per heavy atom. The van der Waals surface area contributed by atoms with Crippen molar-refractivity contribution >= 4 is 34.0 Å². The second kappa shape index (κ2) is 8.23. The summed E-state index contributed by atoms with van der Waals surface area (Å²) in [5.41, 5.74) is 3.67. The highest BCUT2D eigenvalue weighted by Crippen LogP contribution is 2.35. The molecule has 0 spiro atoms. The van der Waals surface area contributed by atoms with Crippen molar-refractivity contribution in [3.8, 4) is 5.75 Å². The van der Waals surface area contributed by atoms with Crippen LogP contribution in [0.4, 0.5) is 10.8 Å². The number of aromatic nitrogens is 2. The molecule has 4 rings (SSSR count). The van der Waals surface area contributed by atoms with E-state index in [0.29, 0.717) is 29.4 Å². The number of nitrogens with zero attached hydrogens (tertiary/aromatic N) is 3. The molecule has 1 saturated heterocycles. The summed E-state index contributed by atoms with van der Waals surface area (Å²) >= 11 is 1.31. The number of carbonyl (C=O) groups is 2. The van der Waals surface area contributed by atoms with Crippen LogP contribution in [-0.2, 0) is 4.79 Å². The predicted octanol–water partition coefficient (Wildman–Crippen LogP) is 3.94. The van der Waals surface area contributed by atoms with Crippen LogP contribution in [0.3, 0.4) is 0 Å². The van der Waals surface area contributed by atoms with Gasteiger partial charge in [-0.05, 0) is 61.4 Å². The zero-order chi connectivity index (χ0) is 21.3. The summed E-state index contributed by atoms with van der Waals surface area (Å²) in [4.78, 5) is 26.8. The van der Waals surface area contributed by atoms with E-state index in [0.717, 1.165) is 21.8 Å². The molecule has 30 heavy (non-hydrogen) atoms. The van der Waals surface area contributed by atoms with Gasteiger partial charge in [0.25, 0.3) is 5.91 Å². The highest BCUT2D eigenvalue weighted by molar-refractivity contribution is 7.15. The summed E-state index contributed by atoms with van der Waals surface area (Å²) in [7, 11) is 1.58. The number of amides is 2. The van der Waals surface area contributed by atoms with Crippen molar-refractivity contribution in [2.45, 2.75) is 26.2 Å². The van der Waals surface area contributed by atoms with Gasteiger partial charge in [0.15, 0.2) is 0 Å². The van der Waals surface area contributed by atoms with E-state index in [1.165, 1.54) is 11.3 Å². The van der Waals surface area contributed by atoms with Gasteiger partial charge in [-0.3, -0.25) is 14.9 Å². The first kappa shape index (κ1) is 20.0. The number of anilines is 2. The molecule has 0 bridgehead atoms. The Balaban J connectivity index is 1.44. The van der Waals surface area contributed by atoms with E-state index in [1.807, 2.05) is 30.9 Å². The van der Waals surface area contributed by atoms with Crippen molar-refractivity contribution in [1.29, 1.82) is 0 Å². The maximum atomic E-state index is 12.6. The molecule has 2 heterocycles. The molecule has 0 saturated carbocycles. The molecule has 0 radical (unpaired) electrons. The summed E-state index contributed by atoms with van der Waals surface area (Å²) in [6, 6.07) is 13.0. The Kier molecular flexibility index (Phi) is 5.50. The summed E-state index contributed by atoms with van der Waals surface area (Å²) in [6.07, 6.45) is 0.383. The Hall–Kier alpha value is -3.26. The molecule has 1 aliphatic heterocycles. The molecule has 1 atom stereocenters. The number of rotatable bonds is 5. The third-order valence-corrected chi connectivity index (χ3v) is 6.01. The quantitative estimate of drug-likeness (QED) is 0.673. The number of nitrogens with one attached hydrogen (secondary N) is 1. The van der Waals surface area contributed by atoms with Gasteiger partial charge in [-0.15, -0.1) is 10.2 Å². The van der Waals surface area contributed by atoms with E-state index in [1.54, 1.807) is 31.4 Å². The molecule has 2 amide bonds. The van der Waals surface area contributed by atoms with Gasteiger partial charge in [0.05, 0.1) is 7.11 Å². The first-order valence-corrected chi connectivity index (χ1v) is 10.4. The summed E-state index contributed by atoms with van der Waals surface area (Å²) < 4.78 is 5.11. The van der Waals surface area contributed by atoms with Gasteiger partial charge in [0.2, 0.25) is 11.0 Å². The van der Waals surface area contributed by atoms with Gasteiger partial charge in [-0.2, -0.15) is 0 Å². The second-order valence-corrected chi connectivity index (χ2v) is 8.39. The van der Waals surface area contributed by atoms with Crippen molar-refractivity contribution in [2.24, 2.45) is 0 Å². The molecule has 0 unspecified atom stereocenters. The van der Waals surface area contributed by atoms with Gasteiger partial charge in [0, 0.05) is 30.1 Å². The molecule has 0 aliphatic carbocycles. The average Bonchev–Trinajstić information content (AvgIpc) is 3.33. The molecular formula is C22H22N4O3S. The lowest BCUT2D eigenvalue weighted by Crippen LogP contribution is -2.24. The fraction of sp³-hybridized carbons (Fsp3) is 0.273. The van der Waals surface area contributed by atoms with Gasteiger partial charge in [-0.25, -0.2) is 0 Å². The van der Waals surface area contributed by atoms with Crippen molar-refractivity contribution in [3.63, 3.8) is 0 Å². The molecule has 154 valence electrons. The Morgan fingerprint density at radius 2 is 1.83 bits per heavy atom. The number of ether oxygens (including phenoxy) is 1.